The molecule has 19 heavy (non-hydrogen) atoms. The molecule has 0 aromatic heterocycles. The van der Waals surface area contributed by atoms with Crippen LogP contribution in [0.4, 0.5) is 0 Å². The van der Waals surface area contributed by atoms with E-state index in [1.165, 1.54) is 51.4 Å². The Morgan fingerprint density at radius 2 is 1.89 bits per heavy atom. The number of unbranched alkanes of at least 4 members (excludes halogenated alkanes) is 5. The van der Waals surface area contributed by atoms with Gasteiger partial charge in [-0.05, 0) is 32.2 Å². The van der Waals surface area contributed by atoms with E-state index in [9.17, 15) is 4.79 Å². The summed E-state index contributed by atoms with van der Waals surface area (Å²) in [5.74, 6) is 0.940. The molecule has 1 rings (SSSR count). The monoisotopic (exact) mass is 268 g/mol. The van der Waals surface area contributed by atoms with Crippen LogP contribution >= 0.6 is 0 Å². The van der Waals surface area contributed by atoms with Crippen LogP contribution in [0.15, 0.2) is 0 Å². The molecule has 0 spiro atoms. The zero-order chi connectivity index (χ0) is 13.9. The summed E-state index contributed by atoms with van der Waals surface area (Å²) in [7, 11) is 0. The summed E-state index contributed by atoms with van der Waals surface area (Å²) in [5, 5.41) is 6.26. The van der Waals surface area contributed by atoms with E-state index in [2.05, 4.69) is 17.6 Å². The van der Waals surface area contributed by atoms with Gasteiger partial charge < -0.3 is 10.6 Å². The Hall–Kier alpha value is -0.570. The summed E-state index contributed by atoms with van der Waals surface area (Å²) in [4.78, 5) is 11.8. The van der Waals surface area contributed by atoms with Crippen LogP contribution < -0.4 is 10.6 Å². The molecule has 2 atom stereocenters. The summed E-state index contributed by atoms with van der Waals surface area (Å²) in [6.45, 7) is 5.98. The van der Waals surface area contributed by atoms with Crippen molar-refractivity contribution in [2.24, 2.45) is 5.92 Å². The van der Waals surface area contributed by atoms with E-state index in [1.54, 1.807) is 0 Å². The summed E-state index contributed by atoms with van der Waals surface area (Å²) < 4.78 is 0. The zero-order valence-electron chi connectivity index (χ0n) is 12.8. The quantitative estimate of drug-likeness (QED) is 0.630. The normalized spacial score (nSPS) is 23.3. The first-order valence-electron chi connectivity index (χ1n) is 8.29. The van der Waals surface area contributed by atoms with E-state index in [0.29, 0.717) is 0 Å². The highest BCUT2D eigenvalue weighted by atomic mass is 16.2. The first-order chi connectivity index (χ1) is 9.27. The molecule has 0 aliphatic carbocycles. The number of nitrogens with one attached hydrogen (secondary N) is 2. The lowest BCUT2D eigenvalue weighted by molar-refractivity contribution is -0.124. The molecule has 1 amide bonds. The molecule has 1 saturated heterocycles. The Labute approximate surface area is 118 Å². The highest BCUT2D eigenvalue weighted by molar-refractivity contribution is 5.81. The van der Waals surface area contributed by atoms with Gasteiger partial charge in [-0.25, -0.2) is 0 Å². The maximum atomic E-state index is 11.8. The first kappa shape index (κ1) is 16.5. The maximum Gasteiger partial charge on any atom is 0.237 e. The minimum atomic E-state index is 0.0544. The van der Waals surface area contributed by atoms with Crippen molar-refractivity contribution >= 4 is 5.91 Å². The topological polar surface area (TPSA) is 41.1 Å². The van der Waals surface area contributed by atoms with E-state index in [4.69, 9.17) is 0 Å². The van der Waals surface area contributed by atoms with Gasteiger partial charge in [0.2, 0.25) is 5.91 Å². The Kier molecular flexibility index (Phi) is 8.89. The van der Waals surface area contributed by atoms with Crippen LogP contribution in [0.1, 0.15) is 71.6 Å². The largest absolute Gasteiger partial charge is 0.355 e. The van der Waals surface area contributed by atoms with Crippen molar-refractivity contribution in [2.45, 2.75) is 77.7 Å². The molecule has 1 aliphatic heterocycles. The Balaban J connectivity index is 2.11. The van der Waals surface area contributed by atoms with Crippen molar-refractivity contribution in [3.05, 3.63) is 0 Å². The van der Waals surface area contributed by atoms with Gasteiger partial charge in [0.1, 0.15) is 0 Å². The SMILES string of the molecule is CCCCCCCCC1CCNC(C(=O)NCC)C1. The summed E-state index contributed by atoms with van der Waals surface area (Å²) >= 11 is 0. The molecule has 0 aromatic carbocycles. The van der Waals surface area contributed by atoms with Crippen LogP contribution in [-0.2, 0) is 4.79 Å². The van der Waals surface area contributed by atoms with Gasteiger partial charge >= 0.3 is 0 Å². The molecule has 1 fully saturated rings. The van der Waals surface area contributed by atoms with Gasteiger partial charge in [-0.1, -0.05) is 51.9 Å². The van der Waals surface area contributed by atoms with E-state index in [1.807, 2.05) is 6.92 Å². The second-order valence-corrected chi connectivity index (χ2v) is 5.85. The molecule has 3 heteroatoms. The van der Waals surface area contributed by atoms with Crippen molar-refractivity contribution in [3.63, 3.8) is 0 Å². The standard InChI is InChI=1S/C16H32N2O/c1-3-5-6-7-8-9-10-14-11-12-18-15(13-14)16(19)17-4-2/h14-15,18H,3-13H2,1-2H3,(H,17,19). The van der Waals surface area contributed by atoms with Crippen molar-refractivity contribution in [2.75, 3.05) is 13.1 Å². The van der Waals surface area contributed by atoms with Gasteiger partial charge in [0, 0.05) is 6.54 Å². The second kappa shape index (κ2) is 10.2. The molecule has 0 radical (unpaired) electrons. The fraction of sp³-hybridized carbons (Fsp3) is 0.938. The third-order valence-electron chi connectivity index (χ3n) is 4.15. The van der Waals surface area contributed by atoms with Gasteiger partial charge in [-0.3, -0.25) is 4.79 Å². The molecule has 1 heterocycles. The van der Waals surface area contributed by atoms with Crippen LogP contribution in [0.2, 0.25) is 0 Å². The lowest BCUT2D eigenvalue weighted by Gasteiger charge is -2.29. The van der Waals surface area contributed by atoms with Crippen LogP contribution in [0, 0.1) is 5.92 Å². The van der Waals surface area contributed by atoms with Crippen molar-refractivity contribution < 1.29 is 4.79 Å². The number of piperidine rings is 1. The fourth-order valence-electron chi connectivity index (χ4n) is 2.97. The summed E-state index contributed by atoms with van der Waals surface area (Å²) in [6.07, 6.45) is 11.8. The molecular formula is C16H32N2O. The summed E-state index contributed by atoms with van der Waals surface area (Å²) in [6, 6.07) is 0.0544. The van der Waals surface area contributed by atoms with Gasteiger partial charge in [0.15, 0.2) is 0 Å². The number of hydrogen-bond acceptors (Lipinski definition) is 2. The molecule has 0 saturated carbocycles. The molecule has 0 bridgehead atoms. The first-order valence-corrected chi connectivity index (χ1v) is 8.29. The smallest absolute Gasteiger partial charge is 0.237 e. The Morgan fingerprint density at radius 1 is 1.16 bits per heavy atom. The van der Waals surface area contributed by atoms with Crippen LogP contribution in [0.25, 0.3) is 0 Å². The van der Waals surface area contributed by atoms with Gasteiger partial charge in [0.25, 0.3) is 0 Å². The molecular weight excluding hydrogens is 236 g/mol. The summed E-state index contributed by atoms with van der Waals surface area (Å²) in [5.41, 5.74) is 0. The molecule has 3 nitrogen and oxygen atoms in total. The molecule has 0 aromatic rings. The number of rotatable bonds is 9. The van der Waals surface area contributed by atoms with Gasteiger partial charge in [-0.15, -0.1) is 0 Å². The predicted molar refractivity (Wildman–Crippen MR) is 81.2 cm³/mol. The predicted octanol–water partition coefficient (Wildman–Crippen LogP) is 3.24. The number of carbonyl (C=O) groups is 1. The molecule has 2 N–H and O–H groups in total. The maximum absolute atomic E-state index is 11.8. The Bertz CT molecular complexity index is 243. The van der Waals surface area contributed by atoms with E-state index >= 15 is 0 Å². The van der Waals surface area contributed by atoms with Crippen molar-refractivity contribution in [1.82, 2.24) is 10.6 Å². The van der Waals surface area contributed by atoms with Crippen LogP contribution in [0.3, 0.4) is 0 Å². The molecule has 112 valence electrons. The average molecular weight is 268 g/mol. The van der Waals surface area contributed by atoms with Crippen LogP contribution in [-0.4, -0.2) is 25.0 Å². The molecule has 2 unspecified atom stereocenters. The van der Waals surface area contributed by atoms with Gasteiger partial charge in [-0.2, -0.15) is 0 Å². The average Bonchev–Trinajstić information content (AvgIpc) is 2.43. The van der Waals surface area contributed by atoms with Crippen molar-refractivity contribution in [1.29, 1.82) is 0 Å². The van der Waals surface area contributed by atoms with E-state index in [0.717, 1.165) is 25.4 Å². The minimum absolute atomic E-state index is 0.0544. The second-order valence-electron chi connectivity index (χ2n) is 5.85. The molecule has 1 aliphatic rings. The lowest BCUT2D eigenvalue weighted by Crippen LogP contribution is -2.48. The number of amides is 1. The number of hydrogen-bond donors (Lipinski definition) is 2. The third kappa shape index (κ3) is 6.95. The minimum Gasteiger partial charge on any atom is -0.355 e. The van der Waals surface area contributed by atoms with Crippen molar-refractivity contribution in [3.8, 4) is 0 Å². The third-order valence-corrected chi connectivity index (χ3v) is 4.15. The lowest BCUT2D eigenvalue weighted by atomic mass is 9.87. The van der Waals surface area contributed by atoms with Gasteiger partial charge in [0.05, 0.1) is 6.04 Å². The van der Waals surface area contributed by atoms with Crippen LogP contribution in [0.5, 0.6) is 0 Å². The van der Waals surface area contributed by atoms with E-state index in [-0.39, 0.29) is 11.9 Å². The zero-order valence-corrected chi connectivity index (χ0v) is 12.8. The van der Waals surface area contributed by atoms with E-state index < -0.39 is 0 Å². The Morgan fingerprint density at radius 3 is 2.63 bits per heavy atom. The number of carbonyl (C=O) groups excluding carboxylic acids is 1. The fourth-order valence-corrected chi connectivity index (χ4v) is 2.97. The number of likely N-dealkylation sites (N-methyl/N-ethyl adjacent to an activating group) is 1. The highest BCUT2D eigenvalue weighted by Gasteiger charge is 2.25. The highest BCUT2D eigenvalue weighted by Crippen LogP contribution is 2.23.